The van der Waals surface area contributed by atoms with Gasteiger partial charge in [0.05, 0.1) is 42.2 Å². The molecule has 2 aromatic heterocycles. The molecule has 1 atom stereocenters. The monoisotopic (exact) mass is 414 g/mol. The molecule has 0 aliphatic heterocycles. The van der Waals surface area contributed by atoms with Gasteiger partial charge in [0.25, 0.3) is 5.56 Å². The number of rotatable bonds is 7. The summed E-state index contributed by atoms with van der Waals surface area (Å²) in [4.78, 5) is 16.5. The number of ether oxygens (including phenoxy) is 1. The third-order valence-corrected chi connectivity index (χ3v) is 5.59. The van der Waals surface area contributed by atoms with Crippen molar-refractivity contribution in [1.82, 2.24) is 9.55 Å². The van der Waals surface area contributed by atoms with Gasteiger partial charge in [0.1, 0.15) is 0 Å². The van der Waals surface area contributed by atoms with Crippen molar-refractivity contribution in [2.75, 3.05) is 24.4 Å². The van der Waals surface area contributed by atoms with Gasteiger partial charge in [-0.25, -0.2) is 4.98 Å². The maximum Gasteiger partial charge on any atom is 0.252 e. The number of pyridine rings is 2. The van der Waals surface area contributed by atoms with Crippen molar-refractivity contribution in [3.05, 3.63) is 51.9 Å². The number of benzene rings is 1. The van der Waals surface area contributed by atoms with E-state index in [0.717, 1.165) is 35.1 Å². The lowest BCUT2D eigenvalue weighted by atomic mass is 10.1. The van der Waals surface area contributed by atoms with Gasteiger partial charge >= 0.3 is 0 Å². The van der Waals surface area contributed by atoms with Crippen LogP contribution in [0.25, 0.3) is 10.9 Å². The quantitative estimate of drug-likeness (QED) is 0.548. The number of hydrogen-bond acceptors (Lipinski definition) is 6. The van der Waals surface area contributed by atoms with Crippen LogP contribution in [0.2, 0.25) is 5.02 Å². The highest BCUT2D eigenvalue weighted by atomic mass is 35.5. The molecule has 0 spiro atoms. The lowest BCUT2D eigenvalue weighted by Gasteiger charge is -2.20. The fraction of sp³-hybridized carbons (Fsp3) is 0.333. The van der Waals surface area contributed by atoms with Crippen molar-refractivity contribution < 1.29 is 9.84 Å². The molecule has 152 valence electrons. The summed E-state index contributed by atoms with van der Waals surface area (Å²) in [6.07, 6.45) is 3.72. The van der Waals surface area contributed by atoms with Crippen LogP contribution < -0.4 is 20.9 Å². The van der Waals surface area contributed by atoms with E-state index in [1.807, 2.05) is 18.2 Å². The van der Waals surface area contributed by atoms with Crippen LogP contribution in [-0.4, -0.2) is 34.4 Å². The van der Waals surface area contributed by atoms with Crippen LogP contribution in [0.3, 0.4) is 0 Å². The lowest BCUT2D eigenvalue weighted by Crippen LogP contribution is -2.27. The number of aryl methyl sites for hydroxylation is 1. The van der Waals surface area contributed by atoms with Gasteiger partial charge in [-0.3, -0.25) is 4.79 Å². The Morgan fingerprint density at radius 1 is 1.31 bits per heavy atom. The van der Waals surface area contributed by atoms with Gasteiger partial charge in [0.15, 0.2) is 0 Å². The summed E-state index contributed by atoms with van der Waals surface area (Å²) in [5.41, 5.74) is 2.90. The molecule has 1 aliphatic carbocycles. The molecule has 2 heterocycles. The lowest BCUT2D eigenvalue weighted by molar-refractivity contribution is 0.263. The number of halogens is 1. The van der Waals surface area contributed by atoms with E-state index in [4.69, 9.17) is 16.3 Å². The van der Waals surface area contributed by atoms with Crippen molar-refractivity contribution in [1.29, 1.82) is 0 Å². The third-order valence-electron chi connectivity index (χ3n) is 5.29. The Labute approximate surface area is 173 Å². The minimum atomic E-state index is -0.102. The molecular formula is C21H23ClN4O3. The van der Waals surface area contributed by atoms with Crippen molar-refractivity contribution >= 4 is 39.6 Å². The van der Waals surface area contributed by atoms with Crippen molar-refractivity contribution in [3.63, 3.8) is 0 Å². The summed E-state index contributed by atoms with van der Waals surface area (Å²) in [5.74, 6) is 0.904. The smallest absolute Gasteiger partial charge is 0.252 e. The first-order valence-electron chi connectivity index (χ1n) is 9.48. The van der Waals surface area contributed by atoms with E-state index < -0.39 is 0 Å². The second kappa shape index (κ2) is 7.93. The number of nitrogens with one attached hydrogen (secondary N) is 2. The zero-order chi connectivity index (χ0) is 20.5. The van der Waals surface area contributed by atoms with Gasteiger partial charge in [-0.1, -0.05) is 11.6 Å². The Bertz CT molecular complexity index is 1110. The molecule has 7 nitrogen and oxygen atoms in total. The minimum Gasteiger partial charge on any atom is -0.481 e. The number of aliphatic hydroxyl groups is 1. The first-order chi connectivity index (χ1) is 14.0. The standard InChI is InChI=1S/C21H23ClN4O3/c1-26-19-6-5-13(24-17-8-20(29-2)23-10-15(17)22)7-14(19)16(9-21(26)28)25-18(11-27)12-3-4-12/h5-10,12,18,25,27H,3-4,11H2,1-2H3,(H,23,24). The SMILES string of the molecule is COc1cc(Nc2ccc3c(c2)c(NC(CO)C2CC2)cc(=O)n3C)c(Cl)cn1. The predicted molar refractivity (Wildman–Crippen MR) is 115 cm³/mol. The van der Waals surface area contributed by atoms with Gasteiger partial charge in [0, 0.05) is 35.9 Å². The number of methoxy groups -OCH3 is 1. The summed E-state index contributed by atoms with van der Waals surface area (Å²) in [6.45, 7) is 0.0335. The maximum absolute atomic E-state index is 12.4. The van der Waals surface area contributed by atoms with Gasteiger partial charge in [-0.15, -0.1) is 0 Å². The van der Waals surface area contributed by atoms with E-state index in [1.165, 1.54) is 6.20 Å². The average Bonchev–Trinajstić information content (AvgIpc) is 3.56. The Kier molecular flexibility index (Phi) is 5.34. The van der Waals surface area contributed by atoms with Gasteiger partial charge in [-0.05, 0) is 37.0 Å². The van der Waals surface area contributed by atoms with Crippen LogP contribution in [-0.2, 0) is 7.05 Å². The fourth-order valence-electron chi connectivity index (χ4n) is 3.45. The molecular weight excluding hydrogens is 392 g/mol. The molecule has 1 aliphatic rings. The Morgan fingerprint density at radius 3 is 2.79 bits per heavy atom. The van der Waals surface area contributed by atoms with E-state index in [0.29, 0.717) is 22.5 Å². The normalized spacial score (nSPS) is 14.6. The molecule has 1 aromatic carbocycles. The van der Waals surface area contributed by atoms with Crippen LogP contribution >= 0.6 is 11.6 Å². The first-order valence-corrected chi connectivity index (χ1v) is 9.85. The molecule has 1 fully saturated rings. The Hall–Kier alpha value is -2.77. The van der Waals surface area contributed by atoms with Crippen LogP contribution in [0.1, 0.15) is 12.8 Å². The van der Waals surface area contributed by atoms with Gasteiger partial charge in [-0.2, -0.15) is 0 Å². The molecule has 3 N–H and O–H groups in total. The molecule has 1 saturated carbocycles. The fourth-order valence-corrected chi connectivity index (χ4v) is 3.60. The largest absolute Gasteiger partial charge is 0.481 e. The van der Waals surface area contributed by atoms with E-state index in [1.54, 1.807) is 30.9 Å². The van der Waals surface area contributed by atoms with E-state index in [2.05, 4.69) is 15.6 Å². The topological polar surface area (TPSA) is 88.4 Å². The molecule has 29 heavy (non-hydrogen) atoms. The number of anilines is 3. The predicted octanol–water partition coefficient (Wildman–Crippen LogP) is 3.52. The average molecular weight is 415 g/mol. The highest BCUT2D eigenvalue weighted by Crippen LogP contribution is 2.36. The van der Waals surface area contributed by atoms with E-state index in [9.17, 15) is 9.90 Å². The third kappa shape index (κ3) is 4.02. The van der Waals surface area contributed by atoms with E-state index >= 15 is 0 Å². The minimum absolute atomic E-state index is 0.0335. The van der Waals surface area contributed by atoms with Crippen molar-refractivity contribution in [3.8, 4) is 5.88 Å². The first kappa shape index (κ1) is 19.5. The molecule has 8 heteroatoms. The summed E-state index contributed by atoms with van der Waals surface area (Å²) in [5, 5.41) is 17.7. The Morgan fingerprint density at radius 2 is 2.10 bits per heavy atom. The highest BCUT2D eigenvalue weighted by molar-refractivity contribution is 6.33. The number of fused-ring (bicyclic) bond motifs is 1. The summed E-state index contributed by atoms with van der Waals surface area (Å²) < 4.78 is 6.78. The van der Waals surface area contributed by atoms with Crippen LogP contribution in [0.5, 0.6) is 5.88 Å². The maximum atomic E-state index is 12.4. The molecule has 0 bridgehead atoms. The second-order valence-corrected chi connectivity index (χ2v) is 7.70. The highest BCUT2D eigenvalue weighted by Gasteiger charge is 2.31. The second-order valence-electron chi connectivity index (χ2n) is 7.29. The summed E-state index contributed by atoms with van der Waals surface area (Å²) in [7, 11) is 3.29. The number of nitrogens with zero attached hydrogens (tertiary/aromatic N) is 2. The van der Waals surface area contributed by atoms with Crippen LogP contribution in [0, 0.1) is 5.92 Å². The number of aliphatic hydroxyl groups excluding tert-OH is 1. The zero-order valence-corrected chi connectivity index (χ0v) is 17.0. The molecule has 0 radical (unpaired) electrons. The number of hydrogen-bond donors (Lipinski definition) is 3. The summed E-state index contributed by atoms with van der Waals surface area (Å²) >= 11 is 6.26. The van der Waals surface area contributed by atoms with Gasteiger partial charge in [0.2, 0.25) is 5.88 Å². The Balaban J connectivity index is 1.74. The molecule has 0 amide bonds. The molecule has 3 aromatic rings. The molecule has 1 unspecified atom stereocenters. The molecule has 0 saturated heterocycles. The van der Waals surface area contributed by atoms with Crippen LogP contribution in [0.15, 0.2) is 41.3 Å². The van der Waals surface area contributed by atoms with E-state index in [-0.39, 0.29) is 18.2 Å². The molecule has 4 rings (SSSR count). The summed E-state index contributed by atoms with van der Waals surface area (Å²) in [6, 6.07) is 8.99. The van der Waals surface area contributed by atoms with Crippen molar-refractivity contribution in [2.24, 2.45) is 13.0 Å². The van der Waals surface area contributed by atoms with Crippen LogP contribution in [0.4, 0.5) is 17.1 Å². The van der Waals surface area contributed by atoms with Crippen molar-refractivity contribution in [2.45, 2.75) is 18.9 Å². The van der Waals surface area contributed by atoms with Gasteiger partial charge < -0.3 is 25.0 Å². The number of aromatic nitrogens is 2. The zero-order valence-electron chi connectivity index (χ0n) is 16.3.